The summed E-state index contributed by atoms with van der Waals surface area (Å²) >= 11 is 4.63. The largest absolute Gasteiger partial charge is 0.494 e. The third kappa shape index (κ3) is 2.41. The highest BCUT2D eigenvalue weighted by atomic mass is 32.1. The SMILES string of the molecule is COc1c(N=C=S)cccc1-c1ccccc1. The number of benzene rings is 2. The molecule has 0 saturated heterocycles. The Kier molecular flexibility index (Phi) is 3.66. The van der Waals surface area contributed by atoms with E-state index in [4.69, 9.17) is 4.74 Å². The summed E-state index contributed by atoms with van der Waals surface area (Å²) < 4.78 is 5.40. The first kappa shape index (κ1) is 11.5. The van der Waals surface area contributed by atoms with Crippen LogP contribution < -0.4 is 4.74 Å². The molecule has 0 N–H and O–H groups in total. The molecule has 0 aromatic heterocycles. The minimum atomic E-state index is 0.698. The quantitative estimate of drug-likeness (QED) is 0.596. The maximum absolute atomic E-state index is 5.40. The summed E-state index contributed by atoms with van der Waals surface area (Å²) in [6.45, 7) is 0. The van der Waals surface area contributed by atoms with E-state index in [0.717, 1.165) is 16.9 Å². The van der Waals surface area contributed by atoms with Crippen LogP contribution >= 0.6 is 12.2 Å². The van der Waals surface area contributed by atoms with E-state index >= 15 is 0 Å². The van der Waals surface area contributed by atoms with Gasteiger partial charge in [-0.1, -0.05) is 42.5 Å². The molecule has 0 aliphatic heterocycles. The average molecular weight is 241 g/mol. The highest BCUT2D eigenvalue weighted by Gasteiger charge is 2.09. The molecule has 0 radical (unpaired) electrons. The van der Waals surface area contributed by atoms with Crippen LogP contribution in [0.25, 0.3) is 11.1 Å². The Balaban J connectivity index is 2.62. The maximum atomic E-state index is 5.40. The number of isothiocyanates is 1. The second kappa shape index (κ2) is 5.39. The molecule has 0 fully saturated rings. The van der Waals surface area contributed by atoms with Crippen molar-refractivity contribution < 1.29 is 4.74 Å². The van der Waals surface area contributed by atoms with E-state index in [1.54, 1.807) is 7.11 Å². The number of para-hydroxylation sites is 1. The monoisotopic (exact) mass is 241 g/mol. The van der Waals surface area contributed by atoms with E-state index in [2.05, 4.69) is 22.4 Å². The lowest BCUT2D eigenvalue weighted by molar-refractivity contribution is 0.418. The molecule has 17 heavy (non-hydrogen) atoms. The fourth-order valence-electron chi connectivity index (χ4n) is 1.72. The van der Waals surface area contributed by atoms with Crippen LogP contribution in [-0.4, -0.2) is 12.3 Å². The zero-order chi connectivity index (χ0) is 12.1. The highest BCUT2D eigenvalue weighted by Crippen LogP contribution is 2.37. The average Bonchev–Trinajstić information content (AvgIpc) is 2.40. The van der Waals surface area contributed by atoms with Crippen molar-refractivity contribution in [3.63, 3.8) is 0 Å². The molecule has 0 atom stereocenters. The van der Waals surface area contributed by atoms with Gasteiger partial charge in [-0.15, -0.1) is 0 Å². The first-order valence-corrected chi connectivity index (χ1v) is 5.58. The second-order valence-electron chi connectivity index (χ2n) is 3.43. The van der Waals surface area contributed by atoms with Gasteiger partial charge in [0.15, 0.2) is 5.75 Å². The molecule has 0 heterocycles. The molecular weight excluding hydrogens is 230 g/mol. The van der Waals surface area contributed by atoms with Gasteiger partial charge in [-0.3, -0.25) is 0 Å². The molecule has 2 aromatic rings. The Morgan fingerprint density at radius 3 is 2.47 bits per heavy atom. The van der Waals surface area contributed by atoms with Gasteiger partial charge in [-0.05, 0) is 23.8 Å². The molecule has 2 nitrogen and oxygen atoms in total. The standard InChI is InChI=1S/C14H11NOS/c1-16-14-12(11-6-3-2-4-7-11)8-5-9-13(14)15-10-17/h2-9H,1H3. The van der Waals surface area contributed by atoms with Crippen LogP contribution in [0.5, 0.6) is 5.75 Å². The number of nitrogens with zero attached hydrogens (tertiary/aromatic N) is 1. The lowest BCUT2D eigenvalue weighted by Crippen LogP contribution is -1.88. The van der Waals surface area contributed by atoms with Gasteiger partial charge in [0.05, 0.1) is 12.3 Å². The van der Waals surface area contributed by atoms with Crippen molar-refractivity contribution in [2.75, 3.05) is 7.11 Å². The summed E-state index contributed by atoms with van der Waals surface area (Å²) in [5, 5.41) is 2.37. The second-order valence-corrected chi connectivity index (χ2v) is 3.61. The third-order valence-corrected chi connectivity index (χ3v) is 2.54. The van der Waals surface area contributed by atoms with Gasteiger partial charge in [-0.2, -0.15) is 4.99 Å². The van der Waals surface area contributed by atoms with Crippen LogP contribution in [0.3, 0.4) is 0 Å². The molecule has 0 spiro atoms. The molecule has 0 amide bonds. The number of thiocarbonyl (C=S) groups is 1. The number of hydrogen-bond acceptors (Lipinski definition) is 3. The fraction of sp³-hybridized carbons (Fsp3) is 0.0714. The molecule has 2 aromatic carbocycles. The molecule has 3 heteroatoms. The molecule has 0 saturated carbocycles. The Bertz CT molecular complexity index is 560. The zero-order valence-electron chi connectivity index (χ0n) is 9.38. The molecule has 0 aliphatic carbocycles. The maximum Gasteiger partial charge on any atom is 0.153 e. The number of hydrogen-bond donors (Lipinski definition) is 0. The molecule has 0 aliphatic rings. The molecule has 0 unspecified atom stereocenters. The fourth-order valence-corrected chi connectivity index (χ4v) is 1.82. The summed E-state index contributed by atoms with van der Waals surface area (Å²) in [7, 11) is 1.63. The third-order valence-electron chi connectivity index (χ3n) is 2.45. The molecule has 84 valence electrons. The predicted octanol–water partition coefficient (Wildman–Crippen LogP) is 4.10. The van der Waals surface area contributed by atoms with Crippen molar-refractivity contribution >= 4 is 23.1 Å². The molecular formula is C14H11NOS. The zero-order valence-corrected chi connectivity index (χ0v) is 10.2. The van der Waals surface area contributed by atoms with Gasteiger partial charge in [0.2, 0.25) is 0 Å². The minimum absolute atomic E-state index is 0.698. The number of methoxy groups -OCH3 is 1. The molecule has 0 bridgehead atoms. The van der Waals surface area contributed by atoms with E-state index in [1.165, 1.54) is 0 Å². The van der Waals surface area contributed by atoms with Crippen LogP contribution in [0.15, 0.2) is 53.5 Å². The van der Waals surface area contributed by atoms with Gasteiger partial charge < -0.3 is 4.74 Å². The summed E-state index contributed by atoms with van der Waals surface area (Å²) in [5.41, 5.74) is 2.79. The van der Waals surface area contributed by atoms with Crippen LogP contribution in [0.4, 0.5) is 5.69 Å². The van der Waals surface area contributed by atoms with Crippen LogP contribution in [0.2, 0.25) is 0 Å². The number of rotatable bonds is 3. The van der Waals surface area contributed by atoms with Crippen molar-refractivity contribution in [3.8, 4) is 16.9 Å². The number of ether oxygens (including phenoxy) is 1. The van der Waals surface area contributed by atoms with Gasteiger partial charge >= 0.3 is 0 Å². The summed E-state index contributed by atoms with van der Waals surface area (Å²) in [6, 6.07) is 15.8. The van der Waals surface area contributed by atoms with E-state index < -0.39 is 0 Å². The van der Waals surface area contributed by atoms with Gasteiger partial charge in [0.1, 0.15) is 5.69 Å². The Morgan fingerprint density at radius 2 is 1.82 bits per heavy atom. The van der Waals surface area contributed by atoms with E-state index in [0.29, 0.717) is 5.69 Å². The first-order valence-electron chi connectivity index (χ1n) is 5.17. The van der Waals surface area contributed by atoms with Crippen molar-refractivity contribution in [2.45, 2.75) is 0 Å². The topological polar surface area (TPSA) is 21.6 Å². The highest BCUT2D eigenvalue weighted by molar-refractivity contribution is 7.78. The van der Waals surface area contributed by atoms with Crippen LogP contribution in [-0.2, 0) is 0 Å². The summed E-state index contributed by atoms with van der Waals surface area (Å²) in [6.07, 6.45) is 0. The predicted molar refractivity (Wildman–Crippen MR) is 73.1 cm³/mol. The normalized spacial score (nSPS) is 9.47. The van der Waals surface area contributed by atoms with Gasteiger partial charge in [-0.25, -0.2) is 0 Å². The van der Waals surface area contributed by atoms with Crippen molar-refractivity contribution in [2.24, 2.45) is 4.99 Å². The van der Waals surface area contributed by atoms with Crippen LogP contribution in [0, 0.1) is 0 Å². The van der Waals surface area contributed by atoms with Crippen molar-refractivity contribution in [1.29, 1.82) is 0 Å². The lowest BCUT2D eigenvalue weighted by Gasteiger charge is -2.10. The smallest absolute Gasteiger partial charge is 0.153 e. The first-order chi connectivity index (χ1) is 8.36. The van der Waals surface area contributed by atoms with Crippen molar-refractivity contribution in [3.05, 3.63) is 48.5 Å². The van der Waals surface area contributed by atoms with Crippen molar-refractivity contribution in [1.82, 2.24) is 0 Å². The van der Waals surface area contributed by atoms with E-state index in [9.17, 15) is 0 Å². The Labute approximate surface area is 106 Å². The van der Waals surface area contributed by atoms with E-state index in [-0.39, 0.29) is 0 Å². The Morgan fingerprint density at radius 1 is 1.06 bits per heavy atom. The van der Waals surface area contributed by atoms with Gasteiger partial charge in [0, 0.05) is 5.56 Å². The molecule has 2 rings (SSSR count). The van der Waals surface area contributed by atoms with E-state index in [1.807, 2.05) is 48.5 Å². The summed E-state index contributed by atoms with van der Waals surface area (Å²) in [4.78, 5) is 4.00. The minimum Gasteiger partial charge on any atom is -0.494 e. The number of aliphatic imine (C=N–C) groups is 1. The van der Waals surface area contributed by atoms with Gasteiger partial charge in [0.25, 0.3) is 0 Å². The summed E-state index contributed by atoms with van der Waals surface area (Å²) in [5.74, 6) is 0.719. The van der Waals surface area contributed by atoms with Crippen LogP contribution in [0.1, 0.15) is 0 Å². The Hall–Kier alpha value is -1.96. The lowest BCUT2D eigenvalue weighted by atomic mass is 10.0.